The maximum Gasteiger partial charge on any atom is 0.252 e. The van der Waals surface area contributed by atoms with Gasteiger partial charge in [-0.2, -0.15) is 5.10 Å². The molecule has 7 heteroatoms. The van der Waals surface area contributed by atoms with Crippen LogP contribution in [0, 0.1) is 5.92 Å². The average molecular weight is 492 g/mol. The third-order valence-electron chi connectivity index (χ3n) is 7.01. The molecule has 0 spiro atoms. The van der Waals surface area contributed by atoms with E-state index in [0.29, 0.717) is 18.0 Å². The van der Waals surface area contributed by atoms with E-state index in [1.165, 1.54) is 24.8 Å². The average Bonchev–Trinajstić information content (AvgIpc) is 3.32. The number of benzene rings is 1. The minimum Gasteiger partial charge on any atom is -0.381 e. The molecule has 1 aliphatic rings. The number of nitrogens with zero attached hydrogens (tertiary/aromatic N) is 4. The second-order valence-corrected chi connectivity index (χ2v) is 10.4. The molecular formula is C29H41N5O2. The van der Waals surface area contributed by atoms with E-state index in [4.69, 9.17) is 9.72 Å². The van der Waals surface area contributed by atoms with Crippen LogP contribution < -0.4 is 5.32 Å². The molecule has 2 aromatic heterocycles. The molecule has 1 aromatic carbocycles. The van der Waals surface area contributed by atoms with Crippen LogP contribution in [-0.2, 0) is 11.3 Å². The van der Waals surface area contributed by atoms with E-state index < -0.39 is 0 Å². The summed E-state index contributed by atoms with van der Waals surface area (Å²) in [6.45, 7) is 10.6. The van der Waals surface area contributed by atoms with Gasteiger partial charge in [0.1, 0.15) is 0 Å². The largest absolute Gasteiger partial charge is 0.381 e. The number of hydrogen-bond acceptors (Lipinski definition) is 5. The van der Waals surface area contributed by atoms with Crippen molar-refractivity contribution in [2.45, 2.75) is 65.5 Å². The van der Waals surface area contributed by atoms with Crippen LogP contribution in [0.25, 0.3) is 22.3 Å². The van der Waals surface area contributed by atoms with Gasteiger partial charge in [0.15, 0.2) is 5.65 Å². The highest BCUT2D eigenvalue weighted by molar-refractivity contribution is 6.06. The van der Waals surface area contributed by atoms with Crippen molar-refractivity contribution in [3.05, 3.63) is 47.7 Å². The van der Waals surface area contributed by atoms with E-state index >= 15 is 0 Å². The van der Waals surface area contributed by atoms with Crippen LogP contribution in [0.3, 0.4) is 0 Å². The van der Waals surface area contributed by atoms with Crippen molar-refractivity contribution in [2.24, 2.45) is 5.92 Å². The topological polar surface area (TPSA) is 72.3 Å². The SMILES string of the molecule is CCCCCN(C)Cc1cccc(-c2cc(C(=O)NCC3CCOCC3)c3cnn(C(C)C)c3n2)c1. The Hall–Kier alpha value is -2.77. The van der Waals surface area contributed by atoms with Crippen LogP contribution in [0.4, 0.5) is 0 Å². The Labute approximate surface area is 215 Å². The minimum absolute atomic E-state index is 0.0646. The second-order valence-electron chi connectivity index (χ2n) is 10.4. The van der Waals surface area contributed by atoms with Gasteiger partial charge in [-0.1, -0.05) is 38.0 Å². The summed E-state index contributed by atoms with van der Waals surface area (Å²) in [5, 5.41) is 8.53. The highest BCUT2D eigenvalue weighted by Gasteiger charge is 2.20. The predicted octanol–water partition coefficient (Wildman–Crippen LogP) is 5.46. The molecular weight excluding hydrogens is 450 g/mol. The normalized spacial score (nSPS) is 14.7. The number of ether oxygens (including phenoxy) is 1. The van der Waals surface area contributed by atoms with Crippen LogP contribution in [-0.4, -0.2) is 58.9 Å². The maximum absolute atomic E-state index is 13.4. The van der Waals surface area contributed by atoms with Crippen molar-refractivity contribution < 1.29 is 9.53 Å². The number of carbonyl (C=O) groups is 1. The molecule has 0 atom stereocenters. The van der Waals surface area contributed by atoms with E-state index in [0.717, 1.165) is 61.4 Å². The van der Waals surface area contributed by atoms with E-state index in [2.05, 4.69) is 67.4 Å². The second kappa shape index (κ2) is 12.5. The fraction of sp³-hybridized carbons (Fsp3) is 0.552. The van der Waals surface area contributed by atoms with Gasteiger partial charge in [-0.15, -0.1) is 0 Å². The Balaban J connectivity index is 1.61. The molecule has 194 valence electrons. The van der Waals surface area contributed by atoms with Crippen LogP contribution in [0.1, 0.15) is 74.8 Å². The molecule has 0 saturated carbocycles. The lowest BCUT2D eigenvalue weighted by molar-refractivity contribution is 0.0643. The summed E-state index contributed by atoms with van der Waals surface area (Å²) in [5.74, 6) is 0.397. The van der Waals surface area contributed by atoms with E-state index in [1.54, 1.807) is 6.20 Å². The highest BCUT2D eigenvalue weighted by Crippen LogP contribution is 2.27. The molecule has 0 bridgehead atoms. The molecule has 1 aliphatic heterocycles. The Kier molecular flexibility index (Phi) is 9.10. The maximum atomic E-state index is 13.4. The molecule has 7 nitrogen and oxygen atoms in total. The first-order valence-corrected chi connectivity index (χ1v) is 13.5. The summed E-state index contributed by atoms with van der Waals surface area (Å²) >= 11 is 0. The van der Waals surface area contributed by atoms with E-state index in [-0.39, 0.29) is 11.9 Å². The predicted molar refractivity (Wildman–Crippen MR) is 145 cm³/mol. The van der Waals surface area contributed by atoms with Gasteiger partial charge < -0.3 is 15.0 Å². The fourth-order valence-electron chi connectivity index (χ4n) is 4.87. The van der Waals surface area contributed by atoms with Crippen molar-refractivity contribution in [3.63, 3.8) is 0 Å². The Bertz CT molecular complexity index is 1150. The summed E-state index contributed by atoms with van der Waals surface area (Å²) in [6, 6.07) is 10.6. The molecule has 1 fully saturated rings. The summed E-state index contributed by atoms with van der Waals surface area (Å²) in [5.41, 5.74) is 4.45. The lowest BCUT2D eigenvalue weighted by Crippen LogP contribution is -2.32. The molecule has 1 amide bonds. The molecule has 0 aliphatic carbocycles. The fourth-order valence-corrected chi connectivity index (χ4v) is 4.87. The zero-order chi connectivity index (χ0) is 25.5. The lowest BCUT2D eigenvalue weighted by atomic mass is 10.00. The first-order valence-electron chi connectivity index (χ1n) is 13.5. The van der Waals surface area contributed by atoms with Gasteiger partial charge >= 0.3 is 0 Å². The minimum atomic E-state index is -0.0646. The zero-order valence-corrected chi connectivity index (χ0v) is 22.3. The van der Waals surface area contributed by atoms with Gasteiger partial charge in [0, 0.05) is 37.9 Å². The summed E-state index contributed by atoms with van der Waals surface area (Å²) in [7, 11) is 2.18. The van der Waals surface area contributed by atoms with Gasteiger partial charge in [-0.05, 0) is 70.3 Å². The Morgan fingerprint density at radius 1 is 1.22 bits per heavy atom. The first-order chi connectivity index (χ1) is 17.5. The number of aromatic nitrogens is 3. The smallest absolute Gasteiger partial charge is 0.252 e. The summed E-state index contributed by atoms with van der Waals surface area (Å²) < 4.78 is 7.36. The van der Waals surface area contributed by atoms with Crippen molar-refractivity contribution in [3.8, 4) is 11.3 Å². The van der Waals surface area contributed by atoms with Crippen molar-refractivity contribution in [1.29, 1.82) is 0 Å². The van der Waals surface area contributed by atoms with Gasteiger partial charge in [0.25, 0.3) is 5.91 Å². The third-order valence-corrected chi connectivity index (χ3v) is 7.01. The number of nitrogens with one attached hydrogen (secondary N) is 1. The van der Waals surface area contributed by atoms with Gasteiger partial charge in [-0.3, -0.25) is 4.79 Å². The molecule has 3 aromatic rings. The number of fused-ring (bicyclic) bond motifs is 1. The van der Waals surface area contributed by atoms with Crippen LogP contribution >= 0.6 is 0 Å². The molecule has 1 N–H and O–H groups in total. The monoisotopic (exact) mass is 491 g/mol. The number of pyridine rings is 1. The van der Waals surface area contributed by atoms with E-state index in [1.807, 2.05) is 10.7 Å². The summed E-state index contributed by atoms with van der Waals surface area (Å²) in [4.78, 5) is 20.7. The van der Waals surface area contributed by atoms with Crippen molar-refractivity contribution in [1.82, 2.24) is 25.0 Å². The van der Waals surface area contributed by atoms with Crippen LogP contribution in [0.15, 0.2) is 36.5 Å². The molecule has 36 heavy (non-hydrogen) atoms. The molecule has 0 radical (unpaired) electrons. The van der Waals surface area contributed by atoms with Crippen molar-refractivity contribution >= 4 is 16.9 Å². The lowest BCUT2D eigenvalue weighted by Gasteiger charge is -2.22. The Morgan fingerprint density at radius 2 is 2.03 bits per heavy atom. The molecule has 3 heterocycles. The molecule has 0 unspecified atom stereocenters. The van der Waals surface area contributed by atoms with E-state index in [9.17, 15) is 4.79 Å². The first kappa shape index (κ1) is 26.3. The quantitative estimate of drug-likeness (QED) is 0.361. The van der Waals surface area contributed by atoms with Crippen LogP contribution in [0.2, 0.25) is 0 Å². The number of unbranched alkanes of at least 4 members (excludes halogenated alkanes) is 2. The number of amides is 1. The van der Waals surface area contributed by atoms with Crippen molar-refractivity contribution in [2.75, 3.05) is 33.4 Å². The standard InChI is InChI=1S/C29H41N5O2/c1-5-6-7-13-33(4)20-23-9-8-10-24(16-23)27-17-25(26-19-31-34(21(2)3)28(26)32-27)29(35)30-18-22-11-14-36-15-12-22/h8-10,16-17,19,21-22H,5-7,11-15,18,20H2,1-4H3,(H,30,35). The molecule has 4 rings (SSSR count). The number of rotatable bonds is 11. The Morgan fingerprint density at radius 3 is 2.78 bits per heavy atom. The van der Waals surface area contributed by atoms with Crippen LogP contribution in [0.5, 0.6) is 0 Å². The highest BCUT2D eigenvalue weighted by atomic mass is 16.5. The zero-order valence-electron chi connectivity index (χ0n) is 22.3. The van der Waals surface area contributed by atoms with Gasteiger partial charge in [-0.25, -0.2) is 9.67 Å². The number of hydrogen-bond donors (Lipinski definition) is 1. The van der Waals surface area contributed by atoms with Gasteiger partial charge in [0.2, 0.25) is 0 Å². The summed E-state index contributed by atoms with van der Waals surface area (Å²) in [6.07, 6.45) is 7.46. The number of carbonyl (C=O) groups excluding carboxylic acids is 1. The van der Waals surface area contributed by atoms with Gasteiger partial charge in [0.05, 0.1) is 22.8 Å². The molecule has 1 saturated heterocycles. The third kappa shape index (κ3) is 6.51.